The van der Waals surface area contributed by atoms with Crippen LogP contribution in [0, 0.1) is 0 Å². The zero-order valence-electron chi connectivity index (χ0n) is 15.9. The molecule has 2 aromatic carbocycles. The number of benzene rings is 2. The van der Waals surface area contributed by atoms with Gasteiger partial charge in [-0.05, 0) is 66.2 Å². The molecular weight excluding hydrogens is 386 g/mol. The highest BCUT2D eigenvalue weighted by molar-refractivity contribution is 7.80. The largest absolute Gasteiger partial charge is 0.459 e. The summed E-state index contributed by atoms with van der Waals surface area (Å²) in [5.41, 5.74) is 4.29. The van der Waals surface area contributed by atoms with Crippen LogP contribution < -0.4 is 10.6 Å². The number of amides is 1. The van der Waals surface area contributed by atoms with Gasteiger partial charge in [0.05, 0.1) is 6.26 Å². The molecule has 0 bridgehead atoms. The number of furan rings is 1. The highest BCUT2D eigenvalue weighted by Crippen LogP contribution is 2.28. The Morgan fingerprint density at radius 3 is 2.72 bits per heavy atom. The third kappa shape index (κ3) is 4.20. The first-order chi connectivity index (χ1) is 14.0. The second-order valence-corrected chi connectivity index (χ2v) is 7.28. The summed E-state index contributed by atoms with van der Waals surface area (Å²) < 4.78 is 11.0. The predicted octanol–water partition coefficient (Wildman–Crippen LogP) is 5.34. The summed E-state index contributed by atoms with van der Waals surface area (Å²) in [5, 5.41) is 5.74. The van der Waals surface area contributed by atoms with Crippen molar-refractivity contribution in [2.45, 2.75) is 19.8 Å². The molecule has 0 aliphatic carbocycles. The molecule has 2 heterocycles. The second-order valence-electron chi connectivity index (χ2n) is 6.87. The molecule has 0 radical (unpaired) electrons. The van der Waals surface area contributed by atoms with E-state index in [1.807, 2.05) is 36.4 Å². The van der Waals surface area contributed by atoms with Crippen molar-refractivity contribution >= 4 is 40.0 Å². The molecule has 4 aromatic rings. The molecule has 0 saturated heterocycles. The number of aromatic nitrogens is 1. The quantitative estimate of drug-likeness (QED) is 0.446. The van der Waals surface area contributed by atoms with E-state index in [0.29, 0.717) is 17.5 Å². The fourth-order valence-corrected chi connectivity index (χ4v) is 3.10. The van der Waals surface area contributed by atoms with Gasteiger partial charge in [-0.15, -0.1) is 0 Å². The number of carbonyl (C=O) groups is 1. The number of nitrogens with one attached hydrogen (secondary N) is 2. The van der Waals surface area contributed by atoms with Gasteiger partial charge in [-0.3, -0.25) is 10.1 Å². The minimum Gasteiger partial charge on any atom is -0.459 e. The molecule has 6 nitrogen and oxygen atoms in total. The molecule has 0 saturated carbocycles. The topological polar surface area (TPSA) is 80.3 Å². The Morgan fingerprint density at radius 1 is 1.10 bits per heavy atom. The zero-order valence-corrected chi connectivity index (χ0v) is 16.7. The van der Waals surface area contributed by atoms with Crippen molar-refractivity contribution in [2.75, 3.05) is 5.32 Å². The second kappa shape index (κ2) is 7.89. The molecule has 7 heteroatoms. The molecule has 2 N–H and O–H groups in total. The van der Waals surface area contributed by atoms with E-state index in [4.69, 9.17) is 21.1 Å². The van der Waals surface area contributed by atoms with Crippen molar-refractivity contribution < 1.29 is 13.6 Å². The van der Waals surface area contributed by atoms with E-state index in [1.54, 1.807) is 12.1 Å². The van der Waals surface area contributed by atoms with E-state index in [-0.39, 0.29) is 10.9 Å². The van der Waals surface area contributed by atoms with E-state index < -0.39 is 5.91 Å². The van der Waals surface area contributed by atoms with E-state index in [0.717, 1.165) is 16.7 Å². The molecule has 146 valence electrons. The first-order valence-electron chi connectivity index (χ1n) is 9.16. The number of anilines is 1. The highest BCUT2D eigenvalue weighted by Gasteiger charge is 2.13. The fourth-order valence-electron chi connectivity index (χ4n) is 2.89. The normalized spacial score (nSPS) is 11.0. The molecule has 0 fully saturated rings. The number of thiocarbonyl (C=S) groups is 1. The van der Waals surface area contributed by atoms with Crippen LogP contribution in [-0.4, -0.2) is 16.0 Å². The summed E-state index contributed by atoms with van der Waals surface area (Å²) >= 11 is 5.21. The maximum atomic E-state index is 12.0. The summed E-state index contributed by atoms with van der Waals surface area (Å²) in [7, 11) is 0. The molecule has 2 aromatic heterocycles. The van der Waals surface area contributed by atoms with E-state index in [9.17, 15) is 4.79 Å². The summed E-state index contributed by atoms with van der Waals surface area (Å²) in [6, 6.07) is 16.7. The number of rotatable bonds is 4. The smallest absolute Gasteiger partial charge is 0.293 e. The third-order valence-corrected chi connectivity index (χ3v) is 4.62. The van der Waals surface area contributed by atoms with Crippen LogP contribution in [0.15, 0.2) is 69.7 Å². The fraction of sp³-hybridized carbons (Fsp3) is 0.136. The van der Waals surface area contributed by atoms with Gasteiger partial charge in [0.15, 0.2) is 16.5 Å². The van der Waals surface area contributed by atoms with Gasteiger partial charge in [0.25, 0.3) is 5.91 Å². The van der Waals surface area contributed by atoms with Gasteiger partial charge in [0.1, 0.15) is 5.52 Å². The minimum absolute atomic E-state index is 0.169. The maximum Gasteiger partial charge on any atom is 0.293 e. The first kappa shape index (κ1) is 18.9. The van der Waals surface area contributed by atoms with E-state index in [2.05, 4.69) is 35.5 Å². The predicted molar refractivity (Wildman–Crippen MR) is 116 cm³/mol. The van der Waals surface area contributed by atoms with Crippen molar-refractivity contribution in [3.05, 3.63) is 72.2 Å². The summed E-state index contributed by atoms with van der Waals surface area (Å²) in [5.74, 6) is 0.721. The summed E-state index contributed by atoms with van der Waals surface area (Å²) in [6.07, 6.45) is 1.43. The van der Waals surface area contributed by atoms with Crippen LogP contribution in [0.25, 0.3) is 22.6 Å². The molecule has 0 spiro atoms. The van der Waals surface area contributed by atoms with Crippen LogP contribution in [0.3, 0.4) is 0 Å². The number of hydrogen-bond donors (Lipinski definition) is 2. The van der Waals surface area contributed by atoms with E-state index in [1.165, 1.54) is 11.8 Å². The third-order valence-electron chi connectivity index (χ3n) is 4.42. The molecule has 29 heavy (non-hydrogen) atoms. The number of oxazole rings is 1. The SMILES string of the molecule is CC(C)c1ccc2oc(-c3cccc(NC(=S)NC(=O)c4ccco4)c3)nc2c1. The van der Waals surface area contributed by atoms with E-state index >= 15 is 0 Å². The average molecular weight is 405 g/mol. The van der Waals surface area contributed by atoms with Crippen molar-refractivity contribution in [1.29, 1.82) is 0 Å². The van der Waals surface area contributed by atoms with Crippen molar-refractivity contribution in [2.24, 2.45) is 0 Å². The van der Waals surface area contributed by atoms with Crippen LogP contribution in [-0.2, 0) is 0 Å². The van der Waals surface area contributed by atoms with Gasteiger partial charge in [-0.2, -0.15) is 0 Å². The highest BCUT2D eigenvalue weighted by atomic mass is 32.1. The molecule has 4 rings (SSSR count). The lowest BCUT2D eigenvalue weighted by Gasteiger charge is -2.09. The van der Waals surface area contributed by atoms with Gasteiger partial charge in [0.2, 0.25) is 5.89 Å². The van der Waals surface area contributed by atoms with Gasteiger partial charge in [0, 0.05) is 11.3 Å². The Hall–Kier alpha value is -3.45. The minimum atomic E-state index is -0.413. The van der Waals surface area contributed by atoms with Gasteiger partial charge in [-0.1, -0.05) is 26.0 Å². The van der Waals surface area contributed by atoms with Gasteiger partial charge < -0.3 is 14.2 Å². The average Bonchev–Trinajstić information content (AvgIpc) is 3.37. The van der Waals surface area contributed by atoms with Crippen LogP contribution in [0.2, 0.25) is 0 Å². The van der Waals surface area contributed by atoms with Crippen LogP contribution in [0.1, 0.15) is 35.9 Å². The van der Waals surface area contributed by atoms with Crippen molar-refractivity contribution in [1.82, 2.24) is 10.3 Å². The Labute approximate surface area is 172 Å². The number of fused-ring (bicyclic) bond motifs is 1. The van der Waals surface area contributed by atoms with Crippen LogP contribution >= 0.6 is 12.2 Å². The maximum absolute atomic E-state index is 12.0. The monoisotopic (exact) mass is 405 g/mol. The molecule has 1 amide bonds. The first-order valence-corrected chi connectivity index (χ1v) is 9.57. The molecular formula is C22H19N3O3S. The lowest BCUT2D eigenvalue weighted by Crippen LogP contribution is -2.33. The number of hydrogen-bond acceptors (Lipinski definition) is 5. The molecule has 0 unspecified atom stereocenters. The van der Waals surface area contributed by atoms with Gasteiger partial charge >= 0.3 is 0 Å². The Morgan fingerprint density at radius 2 is 1.97 bits per heavy atom. The Kier molecular flexibility index (Phi) is 5.14. The van der Waals surface area contributed by atoms with Gasteiger partial charge in [-0.25, -0.2) is 4.98 Å². The molecule has 0 aliphatic rings. The molecule has 0 aliphatic heterocycles. The molecule has 0 atom stereocenters. The van der Waals surface area contributed by atoms with Crippen molar-refractivity contribution in [3.8, 4) is 11.5 Å². The van der Waals surface area contributed by atoms with Crippen LogP contribution in [0.4, 0.5) is 5.69 Å². The zero-order chi connectivity index (χ0) is 20.4. The Balaban J connectivity index is 1.52. The van der Waals surface area contributed by atoms with Crippen molar-refractivity contribution in [3.63, 3.8) is 0 Å². The number of carbonyl (C=O) groups excluding carboxylic acids is 1. The Bertz CT molecular complexity index is 1180. The lowest BCUT2D eigenvalue weighted by atomic mass is 10.0. The summed E-state index contributed by atoms with van der Waals surface area (Å²) in [6.45, 7) is 4.29. The lowest BCUT2D eigenvalue weighted by molar-refractivity contribution is 0.0950. The summed E-state index contributed by atoms with van der Waals surface area (Å²) in [4.78, 5) is 16.6. The van der Waals surface area contributed by atoms with Crippen LogP contribution in [0.5, 0.6) is 0 Å². The number of nitrogens with zero attached hydrogens (tertiary/aromatic N) is 1. The standard InChI is InChI=1S/C22H19N3O3S/c1-13(2)14-8-9-18-17(12-14)24-21(28-18)15-5-3-6-16(11-15)23-22(29)25-20(26)19-7-4-10-27-19/h3-13H,1-2H3,(H2,23,25,26,29).